The molecule has 1 atom stereocenters. The summed E-state index contributed by atoms with van der Waals surface area (Å²) in [4.78, 5) is 23.8. The Morgan fingerprint density at radius 2 is 1.92 bits per heavy atom. The molecule has 26 heavy (non-hydrogen) atoms. The molecule has 0 spiro atoms. The summed E-state index contributed by atoms with van der Waals surface area (Å²) in [7, 11) is 0. The standard InChI is InChI=1S/C18H13Cl3N2O3/c19-10-2-1-3-12(6-10)22-16(24)5-9-4-15(18(25)26)23-14-8-11(20)7-13(21)17(9)14/h1-3,5-8,15,23H,4H2,(H,22,24)(H,25,26)/b9-5+. The van der Waals surface area contributed by atoms with Crippen LogP contribution in [0, 0.1) is 0 Å². The number of hydrogen-bond donors (Lipinski definition) is 3. The lowest BCUT2D eigenvalue weighted by Crippen LogP contribution is -2.33. The molecule has 2 aromatic carbocycles. The van der Waals surface area contributed by atoms with Crippen molar-refractivity contribution in [3.8, 4) is 0 Å². The highest BCUT2D eigenvalue weighted by atomic mass is 35.5. The summed E-state index contributed by atoms with van der Waals surface area (Å²) in [6, 6.07) is 8.96. The monoisotopic (exact) mass is 410 g/mol. The summed E-state index contributed by atoms with van der Waals surface area (Å²) in [5.74, 6) is -1.45. The van der Waals surface area contributed by atoms with E-state index in [0.717, 1.165) is 0 Å². The van der Waals surface area contributed by atoms with Gasteiger partial charge in [-0.1, -0.05) is 40.9 Å². The number of carboxylic acid groups (broad SMARTS) is 1. The SMILES string of the molecule is O=C(/C=C1\CC(C(=O)O)Nc2cc(Cl)cc(Cl)c21)Nc1cccc(Cl)c1. The number of carboxylic acids is 1. The molecule has 5 nitrogen and oxygen atoms in total. The van der Waals surface area contributed by atoms with Gasteiger partial charge in [-0.3, -0.25) is 4.79 Å². The van der Waals surface area contributed by atoms with Crippen LogP contribution in [0.3, 0.4) is 0 Å². The third kappa shape index (κ3) is 4.12. The second-order valence-corrected chi connectivity index (χ2v) is 7.00. The number of rotatable bonds is 3. The molecule has 1 aliphatic rings. The molecule has 3 rings (SSSR count). The molecular formula is C18H13Cl3N2O3. The second-order valence-electron chi connectivity index (χ2n) is 5.72. The number of amides is 1. The first-order chi connectivity index (χ1) is 12.3. The minimum Gasteiger partial charge on any atom is -0.480 e. The lowest BCUT2D eigenvalue weighted by Gasteiger charge is -2.27. The van der Waals surface area contributed by atoms with Crippen LogP contribution in [0.1, 0.15) is 12.0 Å². The molecule has 0 fully saturated rings. The van der Waals surface area contributed by atoms with E-state index < -0.39 is 17.9 Å². The fraction of sp³-hybridized carbons (Fsp3) is 0.111. The van der Waals surface area contributed by atoms with E-state index >= 15 is 0 Å². The maximum absolute atomic E-state index is 12.4. The summed E-state index contributed by atoms with van der Waals surface area (Å²) in [5, 5.41) is 16.1. The van der Waals surface area contributed by atoms with Gasteiger partial charge in [0, 0.05) is 39.5 Å². The maximum atomic E-state index is 12.4. The van der Waals surface area contributed by atoms with Crippen LogP contribution in [-0.2, 0) is 9.59 Å². The van der Waals surface area contributed by atoms with Crippen molar-refractivity contribution >= 4 is 63.6 Å². The zero-order chi connectivity index (χ0) is 18.8. The number of benzene rings is 2. The van der Waals surface area contributed by atoms with E-state index in [0.29, 0.717) is 37.6 Å². The van der Waals surface area contributed by atoms with Gasteiger partial charge in [0.2, 0.25) is 5.91 Å². The molecule has 0 aliphatic carbocycles. The average Bonchev–Trinajstić information content (AvgIpc) is 2.53. The molecule has 0 radical (unpaired) electrons. The van der Waals surface area contributed by atoms with Gasteiger partial charge in [-0.25, -0.2) is 4.79 Å². The summed E-state index contributed by atoms with van der Waals surface area (Å²) < 4.78 is 0. The summed E-state index contributed by atoms with van der Waals surface area (Å²) in [6.45, 7) is 0. The molecular weight excluding hydrogens is 399 g/mol. The lowest BCUT2D eigenvalue weighted by atomic mass is 9.92. The van der Waals surface area contributed by atoms with Crippen molar-refractivity contribution in [3.63, 3.8) is 0 Å². The van der Waals surface area contributed by atoms with Gasteiger partial charge in [0.05, 0.1) is 5.02 Å². The van der Waals surface area contributed by atoms with Crippen molar-refractivity contribution in [2.75, 3.05) is 10.6 Å². The first kappa shape index (κ1) is 18.6. The molecule has 2 aromatic rings. The van der Waals surface area contributed by atoms with Crippen LogP contribution in [0.5, 0.6) is 0 Å². The average molecular weight is 412 g/mol. The molecule has 0 saturated carbocycles. The Kier molecular flexibility index (Phi) is 5.41. The van der Waals surface area contributed by atoms with Crippen LogP contribution in [0.15, 0.2) is 42.5 Å². The van der Waals surface area contributed by atoms with Crippen molar-refractivity contribution in [1.82, 2.24) is 0 Å². The second kappa shape index (κ2) is 7.58. The normalized spacial score (nSPS) is 17.3. The number of carbonyl (C=O) groups excluding carboxylic acids is 1. The van der Waals surface area contributed by atoms with Crippen LogP contribution < -0.4 is 10.6 Å². The van der Waals surface area contributed by atoms with Crippen LogP contribution in [0.2, 0.25) is 15.1 Å². The van der Waals surface area contributed by atoms with E-state index in [1.165, 1.54) is 6.08 Å². The summed E-state index contributed by atoms with van der Waals surface area (Å²) >= 11 is 18.2. The number of anilines is 2. The van der Waals surface area contributed by atoms with E-state index in [-0.39, 0.29) is 6.42 Å². The molecule has 0 bridgehead atoms. The third-order valence-corrected chi connectivity index (χ3v) is 4.58. The van der Waals surface area contributed by atoms with E-state index in [4.69, 9.17) is 34.8 Å². The topological polar surface area (TPSA) is 78.4 Å². The Morgan fingerprint density at radius 3 is 2.62 bits per heavy atom. The Morgan fingerprint density at radius 1 is 1.15 bits per heavy atom. The fourth-order valence-electron chi connectivity index (χ4n) is 2.76. The van der Waals surface area contributed by atoms with Gasteiger partial charge in [0.25, 0.3) is 0 Å². The molecule has 0 saturated heterocycles. The Balaban J connectivity index is 1.96. The largest absolute Gasteiger partial charge is 0.480 e. The van der Waals surface area contributed by atoms with E-state index in [2.05, 4.69) is 10.6 Å². The van der Waals surface area contributed by atoms with Crippen LogP contribution >= 0.6 is 34.8 Å². The minimum absolute atomic E-state index is 0.104. The number of fused-ring (bicyclic) bond motifs is 1. The predicted molar refractivity (Wildman–Crippen MR) is 104 cm³/mol. The maximum Gasteiger partial charge on any atom is 0.326 e. The highest BCUT2D eigenvalue weighted by Crippen LogP contribution is 2.40. The first-order valence-electron chi connectivity index (χ1n) is 7.59. The molecule has 1 heterocycles. The number of carbonyl (C=O) groups is 2. The van der Waals surface area contributed by atoms with Gasteiger partial charge in [0.1, 0.15) is 6.04 Å². The third-order valence-electron chi connectivity index (χ3n) is 3.83. The summed E-state index contributed by atoms with van der Waals surface area (Å²) in [6.07, 6.45) is 1.45. The lowest BCUT2D eigenvalue weighted by molar-refractivity contribution is -0.137. The zero-order valence-corrected chi connectivity index (χ0v) is 15.5. The number of hydrogen-bond acceptors (Lipinski definition) is 3. The molecule has 8 heteroatoms. The Labute approximate surface area is 164 Å². The van der Waals surface area contributed by atoms with Crippen molar-refractivity contribution in [3.05, 3.63) is 63.1 Å². The highest BCUT2D eigenvalue weighted by Gasteiger charge is 2.29. The van der Waals surface area contributed by atoms with Gasteiger partial charge >= 0.3 is 5.97 Å². The van der Waals surface area contributed by atoms with Gasteiger partial charge < -0.3 is 15.7 Å². The fourth-order valence-corrected chi connectivity index (χ4v) is 3.56. The van der Waals surface area contributed by atoms with Crippen LogP contribution in [0.4, 0.5) is 11.4 Å². The van der Waals surface area contributed by atoms with E-state index in [1.54, 1.807) is 36.4 Å². The Bertz CT molecular complexity index is 928. The minimum atomic E-state index is -1.03. The van der Waals surface area contributed by atoms with Gasteiger partial charge in [-0.15, -0.1) is 0 Å². The van der Waals surface area contributed by atoms with Gasteiger partial charge in [-0.2, -0.15) is 0 Å². The first-order valence-corrected chi connectivity index (χ1v) is 8.73. The molecule has 0 aromatic heterocycles. The highest BCUT2D eigenvalue weighted by molar-refractivity contribution is 6.36. The molecule has 134 valence electrons. The van der Waals surface area contributed by atoms with Crippen molar-refractivity contribution in [2.45, 2.75) is 12.5 Å². The summed E-state index contributed by atoms with van der Waals surface area (Å²) in [5.41, 5.74) is 2.08. The molecule has 1 aliphatic heterocycles. The van der Waals surface area contributed by atoms with E-state index in [1.807, 2.05) is 0 Å². The van der Waals surface area contributed by atoms with Crippen molar-refractivity contribution in [2.24, 2.45) is 0 Å². The number of halogens is 3. The van der Waals surface area contributed by atoms with E-state index in [9.17, 15) is 14.7 Å². The smallest absolute Gasteiger partial charge is 0.326 e. The number of aliphatic carboxylic acids is 1. The molecule has 1 amide bonds. The zero-order valence-electron chi connectivity index (χ0n) is 13.2. The predicted octanol–water partition coefficient (Wildman–Crippen LogP) is 4.94. The van der Waals surface area contributed by atoms with Gasteiger partial charge in [0.15, 0.2) is 0 Å². The van der Waals surface area contributed by atoms with Crippen LogP contribution in [0.25, 0.3) is 5.57 Å². The quantitative estimate of drug-likeness (QED) is 0.625. The van der Waals surface area contributed by atoms with Crippen molar-refractivity contribution in [1.29, 1.82) is 0 Å². The van der Waals surface area contributed by atoms with Crippen LogP contribution in [-0.4, -0.2) is 23.0 Å². The number of nitrogens with one attached hydrogen (secondary N) is 2. The molecule has 3 N–H and O–H groups in total. The van der Waals surface area contributed by atoms with Gasteiger partial charge in [-0.05, 0) is 35.9 Å². The molecule has 1 unspecified atom stereocenters. The Hall–Kier alpha value is -2.21. The van der Waals surface area contributed by atoms with Crippen molar-refractivity contribution < 1.29 is 14.7 Å².